The molecule has 0 saturated heterocycles. The number of aromatic nitrogens is 4. The third kappa shape index (κ3) is 3.77. The van der Waals surface area contributed by atoms with Crippen LogP contribution in [0, 0.1) is 6.92 Å². The van der Waals surface area contributed by atoms with Crippen molar-refractivity contribution < 1.29 is 4.42 Å². The fourth-order valence-corrected chi connectivity index (χ4v) is 4.55. The minimum Gasteiger partial charge on any atom is -0.414 e. The highest BCUT2D eigenvalue weighted by molar-refractivity contribution is 7.13. The number of halogens is 3. The summed E-state index contributed by atoms with van der Waals surface area (Å²) in [4.78, 5) is 0.898. The van der Waals surface area contributed by atoms with Gasteiger partial charge in [-0.15, -0.1) is 21.5 Å². The highest BCUT2D eigenvalue weighted by Crippen LogP contribution is 2.37. The number of hydrogen-bond acceptors (Lipinski definition) is 5. The van der Waals surface area contributed by atoms with Gasteiger partial charge in [0.2, 0.25) is 0 Å². The molecule has 3 aromatic heterocycles. The first kappa shape index (κ1) is 20.3. The Bertz CT molecular complexity index is 1370. The molecule has 0 bridgehead atoms. The van der Waals surface area contributed by atoms with Gasteiger partial charge in [-0.3, -0.25) is 0 Å². The van der Waals surface area contributed by atoms with E-state index in [-0.39, 0.29) is 0 Å². The Morgan fingerprint density at radius 2 is 1.65 bits per heavy atom. The minimum absolute atomic E-state index is 0.333. The first-order valence-electron chi connectivity index (χ1n) is 9.20. The lowest BCUT2D eigenvalue weighted by molar-refractivity contribution is 0.582. The van der Waals surface area contributed by atoms with Crippen LogP contribution in [-0.2, 0) is 0 Å². The molecule has 0 atom stereocenters. The van der Waals surface area contributed by atoms with Crippen molar-refractivity contribution in [2.45, 2.75) is 6.92 Å². The summed E-state index contributed by atoms with van der Waals surface area (Å²) in [5, 5.41) is 16.8. The maximum Gasteiger partial charge on any atom is 0.268 e. The van der Waals surface area contributed by atoms with Crippen LogP contribution >= 0.6 is 46.1 Å². The first-order valence-corrected chi connectivity index (χ1v) is 11.2. The van der Waals surface area contributed by atoms with E-state index in [0.29, 0.717) is 38.2 Å². The van der Waals surface area contributed by atoms with Gasteiger partial charge in [0.15, 0.2) is 5.69 Å². The monoisotopic (exact) mass is 486 g/mol. The molecule has 0 aliphatic rings. The van der Waals surface area contributed by atoms with Crippen LogP contribution in [0.15, 0.2) is 64.4 Å². The molecule has 0 radical (unpaired) electrons. The predicted octanol–water partition coefficient (Wildman–Crippen LogP) is 7.59. The van der Waals surface area contributed by atoms with E-state index in [1.54, 1.807) is 16.8 Å². The molecule has 31 heavy (non-hydrogen) atoms. The summed E-state index contributed by atoms with van der Waals surface area (Å²) < 4.78 is 7.71. The summed E-state index contributed by atoms with van der Waals surface area (Å²) >= 11 is 20.2. The molecule has 0 N–H and O–H groups in total. The number of rotatable bonds is 4. The molecule has 0 aliphatic carbocycles. The van der Waals surface area contributed by atoms with Gasteiger partial charge in [0, 0.05) is 21.2 Å². The maximum atomic E-state index is 6.51. The zero-order valence-electron chi connectivity index (χ0n) is 16.0. The SMILES string of the molecule is Cc1c(-c2nnc(-c3cccs3)o2)nn(-c2ccc(Cl)cc2Cl)c1-c1ccc(Cl)cc1. The molecule has 0 saturated carbocycles. The van der Waals surface area contributed by atoms with Crippen LogP contribution in [0.1, 0.15) is 5.56 Å². The lowest BCUT2D eigenvalue weighted by Crippen LogP contribution is -2.00. The quantitative estimate of drug-likeness (QED) is 0.262. The molecule has 2 aromatic carbocycles. The van der Waals surface area contributed by atoms with Gasteiger partial charge in [-0.2, -0.15) is 5.10 Å². The van der Waals surface area contributed by atoms with E-state index in [1.165, 1.54) is 11.3 Å². The molecular weight excluding hydrogens is 475 g/mol. The average Bonchev–Trinajstić information content (AvgIpc) is 3.48. The van der Waals surface area contributed by atoms with Crippen LogP contribution in [0.5, 0.6) is 0 Å². The van der Waals surface area contributed by atoms with Gasteiger partial charge in [0.1, 0.15) is 0 Å². The van der Waals surface area contributed by atoms with Crippen molar-refractivity contribution >= 4 is 46.1 Å². The molecule has 0 unspecified atom stereocenters. The van der Waals surface area contributed by atoms with Gasteiger partial charge < -0.3 is 4.42 Å². The van der Waals surface area contributed by atoms with Crippen LogP contribution in [0.25, 0.3) is 39.3 Å². The molecule has 154 valence electrons. The van der Waals surface area contributed by atoms with Crippen molar-refractivity contribution in [2.24, 2.45) is 0 Å². The summed E-state index contributed by atoms with van der Waals surface area (Å²) in [5.74, 6) is 0.788. The Balaban J connectivity index is 1.71. The number of nitrogens with zero attached hydrogens (tertiary/aromatic N) is 4. The fourth-order valence-electron chi connectivity index (χ4n) is 3.29. The smallest absolute Gasteiger partial charge is 0.268 e. The maximum absolute atomic E-state index is 6.51. The molecule has 9 heteroatoms. The minimum atomic E-state index is 0.333. The third-order valence-corrected chi connectivity index (χ3v) is 6.38. The van der Waals surface area contributed by atoms with Crippen molar-refractivity contribution in [1.82, 2.24) is 20.0 Å². The molecule has 0 aliphatic heterocycles. The van der Waals surface area contributed by atoms with E-state index in [1.807, 2.05) is 54.8 Å². The lowest BCUT2D eigenvalue weighted by Gasteiger charge is -2.11. The standard InChI is InChI=1S/C22H13Cl3N4OS/c1-12-19(22-27-26-21(30-22)18-3-2-10-31-18)28-29(17-9-8-15(24)11-16(17)25)20(12)13-4-6-14(23)7-5-13/h2-11H,1H3. The Morgan fingerprint density at radius 1 is 0.903 bits per heavy atom. The number of benzene rings is 2. The Kier molecular flexibility index (Phi) is 5.32. The van der Waals surface area contributed by atoms with Gasteiger partial charge in [-0.05, 0) is 48.7 Å². The largest absolute Gasteiger partial charge is 0.414 e. The summed E-state index contributed by atoms with van der Waals surface area (Å²) in [6.07, 6.45) is 0. The molecule has 0 amide bonds. The van der Waals surface area contributed by atoms with Gasteiger partial charge in [-0.25, -0.2) is 4.68 Å². The van der Waals surface area contributed by atoms with E-state index in [9.17, 15) is 0 Å². The average molecular weight is 488 g/mol. The van der Waals surface area contributed by atoms with Gasteiger partial charge in [0.25, 0.3) is 11.8 Å². The van der Waals surface area contributed by atoms with Crippen molar-refractivity contribution in [1.29, 1.82) is 0 Å². The lowest BCUT2D eigenvalue weighted by atomic mass is 10.1. The molecule has 3 heterocycles. The summed E-state index contributed by atoms with van der Waals surface area (Å²) in [5.41, 5.74) is 3.89. The summed E-state index contributed by atoms with van der Waals surface area (Å²) in [7, 11) is 0. The second-order valence-corrected chi connectivity index (χ2v) is 8.95. The van der Waals surface area contributed by atoms with Crippen molar-refractivity contribution in [3.05, 3.63) is 80.6 Å². The zero-order chi connectivity index (χ0) is 21.5. The molecule has 5 rings (SSSR count). The Morgan fingerprint density at radius 3 is 2.35 bits per heavy atom. The van der Waals surface area contributed by atoms with Crippen LogP contribution in [-0.4, -0.2) is 20.0 Å². The van der Waals surface area contributed by atoms with Crippen molar-refractivity contribution in [3.63, 3.8) is 0 Å². The summed E-state index contributed by atoms with van der Waals surface area (Å²) in [6.45, 7) is 1.96. The van der Waals surface area contributed by atoms with E-state index < -0.39 is 0 Å². The highest BCUT2D eigenvalue weighted by atomic mass is 35.5. The van der Waals surface area contributed by atoms with Gasteiger partial charge in [-0.1, -0.05) is 53.0 Å². The van der Waals surface area contributed by atoms with Crippen molar-refractivity contribution in [2.75, 3.05) is 0 Å². The highest BCUT2D eigenvalue weighted by Gasteiger charge is 2.24. The fraction of sp³-hybridized carbons (Fsp3) is 0.0455. The predicted molar refractivity (Wildman–Crippen MR) is 125 cm³/mol. The van der Waals surface area contributed by atoms with Crippen LogP contribution in [0.4, 0.5) is 0 Å². The second-order valence-electron chi connectivity index (χ2n) is 6.73. The van der Waals surface area contributed by atoms with E-state index in [0.717, 1.165) is 21.7 Å². The number of hydrogen-bond donors (Lipinski definition) is 0. The Labute approximate surface area is 196 Å². The zero-order valence-corrected chi connectivity index (χ0v) is 19.1. The van der Waals surface area contributed by atoms with E-state index >= 15 is 0 Å². The van der Waals surface area contributed by atoms with Gasteiger partial charge >= 0.3 is 0 Å². The summed E-state index contributed by atoms with van der Waals surface area (Å²) in [6, 6.07) is 16.7. The van der Waals surface area contributed by atoms with Gasteiger partial charge in [0.05, 0.1) is 21.3 Å². The van der Waals surface area contributed by atoms with E-state index in [2.05, 4.69) is 10.2 Å². The molecular formula is C22H13Cl3N4OS. The van der Waals surface area contributed by atoms with Crippen LogP contribution in [0.3, 0.4) is 0 Å². The third-order valence-electron chi connectivity index (χ3n) is 4.74. The number of thiophene rings is 1. The Hall–Kier alpha value is -2.64. The van der Waals surface area contributed by atoms with E-state index in [4.69, 9.17) is 44.3 Å². The van der Waals surface area contributed by atoms with Crippen LogP contribution in [0.2, 0.25) is 15.1 Å². The van der Waals surface area contributed by atoms with Crippen molar-refractivity contribution in [3.8, 4) is 39.3 Å². The molecule has 0 spiro atoms. The first-order chi connectivity index (χ1) is 15.0. The molecule has 5 aromatic rings. The topological polar surface area (TPSA) is 56.7 Å². The molecule has 5 nitrogen and oxygen atoms in total. The molecule has 0 fully saturated rings. The second kappa shape index (κ2) is 8.13. The van der Waals surface area contributed by atoms with Crippen LogP contribution < -0.4 is 0 Å². The normalized spacial score (nSPS) is 11.2.